The Morgan fingerprint density at radius 2 is 2.26 bits per heavy atom. The Hall–Kier alpha value is -1.46. The molecule has 0 spiro atoms. The zero-order chi connectivity index (χ0) is 13.5. The summed E-state index contributed by atoms with van der Waals surface area (Å²) in [4.78, 5) is 18.5. The van der Waals surface area contributed by atoms with Crippen LogP contribution in [-0.2, 0) is 9.53 Å². The molecule has 19 heavy (non-hydrogen) atoms. The molecule has 0 saturated carbocycles. The Morgan fingerprint density at radius 3 is 2.89 bits per heavy atom. The van der Waals surface area contributed by atoms with E-state index in [0.29, 0.717) is 13.2 Å². The third kappa shape index (κ3) is 4.29. The van der Waals surface area contributed by atoms with Crippen molar-refractivity contribution >= 4 is 5.91 Å². The fraction of sp³-hybridized carbons (Fsp3) is 0.571. The number of rotatable bonds is 6. The molecule has 1 N–H and O–H groups in total. The summed E-state index contributed by atoms with van der Waals surface area (Å²) in [5.41, 5.74) is 0.833. The van der Waals surface area contributed by atoms with Crippen LogP contribution in [0.5, 0.6) is 0 Å². The summed E-state index contributed by atoms with van der Waals surface area (Å²) >= 11 is 0. The first-order chi connectivity index (χ1) is 9.29. The van der Waals surface area contributed by atoms with Crippen LogP contribution in [0.4, 0.5) is 0 Å². The molecule has 1 aromatic heterocycles. The van der Waals surface area contributed by atoms with Gasteiger partial charge in [-0.15, -0.1) is 0 Å². The Kier molecular flexibility index (Phi) is 5.30. The summed E-state index contributed by atoms with van der Waals surface area (Å²) in [5.74, 6) is 0.0367. The van der Waals surface area contributed by atoms with Crippen LogP contribution in [0, 0.1) is 0 Å². The first-order valence-electron chi connectivity index (χ1n) is 6.71. The molecule has 1 aliphatic rings. The van der Waals surface area contributed by atoms with Crippen molar-refractivity contribution in [1.82, 2.24) is 15.2 Å². The van der Waals surface area contributed by atoms with Gasteiger partial charge in [-0.25, -0.2) is 0 Å². The molecule has 2 rings (SSSR count). The average Bonchev–Trinajstić information content (AvgIpc) is 2.92. The van der Waals surface area contributed by atoms with Crippen molar-refractivity contribution in [1.29, 1.82) is 0 Å². The largest absolute Gasteiger partial charge is 0.382 e. The molecule has 1 aliphatic heterocycles. The summed E-state index contributed by atoms with van der Waals surface area (Å²) in [6, 6.07) is 5.50. The number of hydrogen-bond acceptors (Lipinski definition) is 4. The zero-order valence-electron chi connectivity index (χ0n) is 11.3. The number of carbonyl (C=O) groups excluding carboxylic acids is 1. The summed E-state index contributed by atoms with van der Waals surface area (Å²) in [6.45, 7) is 2.94. The average molecular weight is 263 g/mol. The quantitative estimate of drug-likeness (QED) is 0.831. The van der Waals surface area contributed by atoms with Gasteiger partial charge in [-0.2, -0.15) is 0 Å². The van der Waals surface area contributed by atoms with Crippen LogP contribution in [0.1, 0.15) is 24.6 Å². The van der Waals surface area contributed by atoms with E-state index in [-0.39, 0.29) is 11.9 Å². The van der Waals surface area contributed by atoms with E-state index >= 15 is 0 Å². The van der Waals surface area contributed by atoms with E-state index in [0.717, 1.165) is 18.8 Å². The minimum atomic E-state index is -0.179. The van der Waals surface area contributed by atoms with Gasteiger partial charge in [0.05, 0.1) is 24.9 Å². The highest BCUT2D eigenvalue weighted by Gasteiger charge is 2.19. The number of nitrogens with one attached hydrogen (secondary N) is 1. The van der Waals surface area contributed by atoms with Crippen molar-refractivity contribution in [3.05, 3.63) is 30.1 Å². The predicted molar refractivity (Wildman–Crippen MR) is 72.7 cm³/mol. The van der Waals surface area contributed by atoms with Crippen molar-refractivity contribution in [2.45, 2.75) is 18.9 Å². The van der Waals surface area contributed by atoms with E-state index < -0.39 is 0 Å². The normalized spacial score (nSPS) is 17.3. The lowest BCUT2D eigenvalue weighted by molar-refractivity contribution is -0.123. The maximum atomic E-state index is 12.0. The number of methoxy groups -OCH3 is 1. The predicted octanol–water partition coefficient (Wildman–Crippen LogP) is 0.981. The molecule has 5 heteroatoms. The molecular weight excluding hydrogens is 242 g/mol. The van der Waals surface area contributed by atoms with Gasteiger partial charge in [-0.3, -0.25) is 14.7 Å². The minimum Gasteiger partial charge on any atom is -0.382 e. The molecule has 1 unspecified atom stereocenters. The second-order valence-electron chi connectivity index (χ2n) is 4.81. The first kappa shape index (κ1) is 14.0. The number of ether oxygens (including phenoxy) is 1. The van der Waals surface area contributed by atoms with Gasteiger partial charge in [-0.1, -0.05) is 6.07 Å². The summed E-state index contributed by atoms with van der Waals surface area (Å²) < 4.78 is 5.16. The molecular formula is C14H21N3O2. The molecule has 0 aromatic carbocycles. The van der Waals surface area contributed by atoms with E-state index in [1.54, 1.807) is 13.3 Å². The second-order valence-corrected chi connectivity index (χ2v) is 4.81. The molecule has 2 heterocycles. The summed E-state index contributed by atoms with van der Waals surface area (Å²) in [5, 5.41) is 2.99. The van der Waals surface area contributed by atoms with Crippen molar-refractivity contribution < 1.29 is 9.53 Å². The zero-order valence-corrected chi connectivity index (χ0v) is 11.3. The third-order valence-corrected chi connectivity index (χ3v) is 3.28. The maximum absolute atomic E-state index is 12.0. The van der Waals surface area contributed by atoms with E-state index in [1.165, 1.54) is 12.8 Å². The van der Waals surface area contributed by atoms with Crippen LogP contribution >= 0.6 is 0 Å². The number of nitrogens with zero attached hydrogens (tertiary/aromatic N) is 2. The minimum absolute atomic E-state index is 0.0367. The number of carbonyl (C=O) groups is 1. The Morgan fingerprint density at radius 1 is 1.47 bits per heavy atom. The molecule has 1 saturated heterocycles. The lowest BCUT2D eigenvalue weighted by Gasteiger charge is -2.20. The molecule has 0 radical (unpaired) electrons. The Labute approximate surface area is 114 Å². The fourth-order valence-corrected chi connectivity index (χ4v) is 2.33. The number of amides is 1. The van der Waals surface area contributed by atoms with E-state index in [9.17, 15) is 4.79 Å². The van der Waals surface area contributed by atoms with Crippen LogP contribution < -0.4 is 5.32 Å². The van der Waals surface area contributed by atoms with Gasteiger partial charge in [0.15, 0.2) is 0 Å². The van der Waals surface area contributed by atoms with Gasteiger partial charge >= 0.3 is 0 Å². The van der Waals surface area contributed by atoms with Crippen molar-refractivity contribution in [2.75, 3.05) is 33.4 Å². The van der Waals surface area contributed by atoms with Crippen molar-refractivity contribution in [3.8, 4) is 0 Å². The monoisotopic (exact) mass is 263 g/mol. The summed E-state index contributed by atoms with van der Waals surface area (Å²) in [7, 11) is 1.63. The van der Waals surface area contributed by atoms with Crippen LogP contribution in [0.3, 0.4) is 0 Å². The SMILES string of the molecule is COCC(NC(=O)CN1CCCC1)c1ccccn1. The Balaban J connectivity index is 1.90. The molecule has 1 atom stereocenters. The highest BCUT2D eigenvalue weighted by Crippen LogP contribution is 2.11. The topological polar surface area (TPSA) is 54.5 Å². The molecule has 0 bridgehead atoms. The molecule has 1 fully saturated rings. The number of hydrogen-bond donors (Lipinski definition) is 1. The van der Waals surface area contributed by atoms with E-state index in [4.69, 9.17) is 4.74 Å². The fourth-order valence-electron chi connectivity index (χ4n) is 2.33. The van der Waals surface area contributed by atoms with Gasteiger partial charge in [0, 0.05) is 13.3 Å². The number of pyridine rings is 1. The molecule has 1 aromatic rings. The highest BCUT2D eigenvalue weighted by molar-refractivity contribution is 5.78. The molecule has 104 valence electrons. The van der Waals surface area contributed by atoms with Gasteiger partial charge in [0.25, 0.3) is 0 Å². The maximum Gasteiger partial charge on any atom is 0.234 e. The standard InChI is InChI=1S/C14H21N3O2/c1-19-11-13(12-6-2-3-7-15-12)16-14(18)10-17-8-4-5-9-17/h2-3,6-7,13H,4-5,8-11H2,1H3,(H,16,18). The van der Waals surface area contributed by atoms with Gasteiger partial charge < -0.3 is 10.1 Å². The lowest BCUT2D eigenvalue weighted by atomic mass is 10.2. The number of likely N-dealkylation sites (tertiary alicyclic amines) is 1. The smallest absolute Gasteiger partial charge is 0.234 e. The van der Waals surface area contributed by atoms with Crippen LogP contribution in [0.25, 0.3) is 0 Å². The van der Waals surface area contributed by atoms with Crippen molar-refractivity contribution in [2.24, 2.45) is 0 Å². The van der Waals surface area contributed by atoms with Gasteiger partial charge in [0.1, 0.15) is 0 Å². The summed E-state index contributed by atoms with van der Waals surface area (Å²) in [6.07, 6.45) is 4.11. The van der Waals surface area contributed by atoms with Crippen LogP contribution in [0.2, 0.25) is 0 Å². The molecule has 5 nitrogen and oxygen atoms in total. The number of aromatic nitrogens is 1. The lowest BCUT2D eigenvalue weighted by Crippen LogP contribution is -2.39. The highest BCUT2D eigenvalue weighted by atomic mass is 16.5. The molecule has 0 aliphatic carbocycles. The van der Waals surface area contributed by atoms with Crippen LogP contribution in [0.15, 0.2) is 24.4 Å². The van der Waals surface area contributed by atoms with E-state index in [2.05, 4.69) is 15.2 Å². The second kappa shape index (κ2) is 7.21. The van der Waals surface area contributed by atoms with Crippen LogP contribution in [-0.4, -0.2) is 49.1 Å². The van der Waals surface area contributed by atoms with E-state index in [1.807, 2.05) is 18.2 Å². The van der Waals surface area contributed by atoms with Gasteiger partial charge in [-0.05, 0) is 38.1 Å². The molecule has 1 amide bonds. The van der Waals surface area contributed by atoms with Crippen molar-refractivity contribution in [3.63, 3.8) is 0 Å². The Bertz CT molecular complexity index is 391. The van der Waals surface area contributed by atoms with Gasteiger partial charge in [0.2, 0.25) is 5.91 Å². The first-order valence-corrected chi connectivity index (χ1v) is 6.71. The third-order valence-electron chi connectivity index (χ3n) is 3.28.